The quantitative estimate of drug-likeness (QED) is 0.820. The van der Waals surface area contributed by atoms with E-state index in [0.717, 1.165) is 16.3 Å². The molecule has 2 rings (SSSR count). The molecule has 0 radical (unpaired) electrons. The molecular weight excluding hydrogens is 346 g/mol. The fraction of sp³-hybridized carbons (Fsp3) is 0.450. The molecule has 0 aliphatic carbocycles. The number of pyridine rings is 1. The Labute approximate surface area is 159 Å². The van der Waals surface area contributed by atoms with Crippen LogP contribution >= 0.6 is 0 Å². The number of amides is 2. The van der Waals surface area contributed by atoms with Gasteiger partial charge >= 0.3 is 12.2 Å². The van der Waals surface area contributed by atoms with Crippen LogP contribution in [0.1, 0.15) is 47.1 Å². The molecule has 0 aliphatic rings. The second-order valence-corrected chi connectivity index (χ2v) is 8.20. The number of hydrogen-bond donors (Lipinski definition) is 2. The van der Waals surface area contributed by atoms with Crippen molar-refractivity contribution in [2.24, 2.45) is 0 Å². The van der Waals surface area contributed by atoms with Crippen molar-refractivity contribution in [1.29, 1.82) is 0 Å². The molecule has 2 amide bonds. The van der Waals surface area contributed by atoms with Gasteiger partial charge in [0.05, 0.1) is 0 Å². The lowest BCUT2D eigenvalue weighted by molar-refractivity contribution is 0.0522. The summed E-state index contributed by atoms with van der Waals surface area (Å²) in [6.07, 6.45) is 0.564. The molecule has 2 aromatic rings. The number of carbonyl (C=O) groups excluding carboxylic acids is 2. The van der Waals surface area contributed by atoms with Crippen LogP contribution in [0.25, 0.3) is 10.8 Å². The Morgan fingerprint density at radius 1 is 0.963 bits per heavy atom. The molecule has 1 aromatic heterocycles. The topological polar surface area (TPSA) is 89.5 Å². The third-order valence-corrected chi connectivity index (χ3v) is 3.29. The Hall–Kier alpha value is -2.83. The van der Waals surface area contributed by atoms with Crippen LogP contribution in [0, 0.1) is 0 Å². The van der Waals surface area contributed by atoms with E-state index in [1.807, 2.05) is 45.0 Å². The van der Waals surface area contributed by atoms with Gasteiger partial charge in [-0.05, 0) is 64.6 Å². The van der Waals surface area contributed by atoms with Crippen molar-refractivity contribution in [2.75, 3.05) is 5.32 Å². The van der Waals surface area contributed by atoms with Gasteiger partial charge in [-0.1, -0.05) is 12.1 Å². The molecule has 146 valence electrons. The van der Waals surface area contributed by atoms with E-state index in [1.54, 1.807) is 27.0 Å². The first-order valence-corrected chi connectivity index (χ1v) is 8.77. The lowest BCUT2D eigenvalue weighted by atomic mass is 10.1. The Morgan fingerprint density at radius 2 is 1.59 bits per heavy atom. The first-order valence-electron chi connectivity index (χ1n) is 8.77. The van der Waals surface area contributed by atoms with Gasteiger partial charge in [0.2, 0.25) is 0 Å². The van der Waals surface area contributed by atoms with E-state index in [0.29, 0.717) is 12.4 Å². The van der Waals surface area contributed by atoms with E-state index >= 15 is 0 Å². The van der Waals surface area contributed by atoms with Gasteiger partial charge in [-0.25, -0.2) is 14.6 Å². The minimum atomic E-state index is -0.600. The number of aromatic nitrogens is 1. The highest BCUT2D eigenvalue weighted by molar-refractivity contribution is 5.98. The van der Waals surface area contributed by atoms with Gasteiger partial charge in [0.25, 0.3) is 0 Å². The number of benzene rings is 1. The summed E-state index contributed by atoms with van der Waals surface area (Å²) in [5, 5.41) is 7.07. The maximum absolute atomic E-state index is 12.1. The number of fused-ring (bicyclic) bond motifs is 1. The van der Waals surface area contributed by atoms with E-state index in [-0.39, 0.29) is 0 Å². The van der Waals surface area contributed by atoms with Crippen LogP contribution in [0.3, 0.4) is 0 Å². The minimum absolute atomic E-state index is 0.297. The SMILES string of the molecule is CC(C)(C)OC(=O)NCc1ccc2ccnc(NC(=O)OC(C)(C)C)c2c1. The van der Waals surface area contributed by atoms with E-state index in [1.165, 1.54) is 0 Å². The summed E-state index contributed by atoms with van der Waals surface area (Å²) in [6, 6.07) is 7.52. The number of alkyl carbamates (subject to hydrolysis) is 1. The Balaban J connectivity index is 2.15. The van der Waals surface area contributed by atoms with Crippen molar-refractivity contribution in [3.05, 3.63) is 36.0 Å². The van der Waals surface area contributed by atoms with Gasteiger partial charge < -0.3 is 14.8 Å². The third-order valence-electron chi connectivity index (χ3n) is 3.29. The predicted molar refractivity (Wildman–Crippen MR) is 105 cm³/mol. The summed E-state index contributed by atoms with van der Waals surface area (Å²) >= 11 is 0. The third kappa shape index (κ3) is 6.77. The lowest BCUT2D eigenvalue weighted by Gasteiger charge is -2.20. The second-order valence-electron chi connectivity index (χ2n) is 8.20. The highest BCUT2D eigenvalue weighted by Gasteiger charge is 2.18. The van der Waals surface area contributed by atoms with Crippen molar-refractivity contribution < 1.29 is 19.1 Å². The van der Waals surface area contributed by atoms with E-state index in [2.05, 4.69) is 15.6 Å². The van der Waals surface area contributed by atoms with Crippen LogP contribution in [-0.4, -0.2) is 28.4 Å². The van der Waals surface area contributed by atoms with E-state index < -0.39 is 23.4 Å². The van der Waals surface area contributed by atoms with Crippen molar-refractivity contribution in [1.82, 2.24) is 10.3 Å². The van der Waals surface area contributed by atoms with Crippen LogP contribution in [-0.2, 0) is 16.0 Å². The van der Waals surface area contributed by atoms with Crippen molar-refractivity contribution in [3.8, 4) is 0 Å². The molecule has 7 heteroatoms. The molecule has 0 saturated carbocycles. The summed E-state index contributed by atoms with van der Waals surface area (Å²) in [5.41, 5.74) is -0.299. The fourth-order valence-electron chi connectivity index (χ4n) is 2.31. The van der Waals surface area contributed by atoms with Gasteiger partial charge in [0.1, 0.15) is 17.0 Å². The average Bonchev–Trinajstić information content (AvgIpc) is 2.50. The van der Waals surface area contributed by atoms with Crippen LogP contribution in [0.2, 0.25) is 0 Å². The monoisotopic (exact) mass is 373 g/mol. The predicted octanol–water partition coefficient (Wildman–Crippen LogP) is 4.61. The molecule has 1 heterocycles. The number of carbonyl (C=O) groups is 2. The zero-order valence-corrected chi connectivity index (χ0v) is 16.7. The highest BCUT2D eigenvalue weighted by atomic mass is 16.6. The Bertz CT molecular complexity index is 835. The Morgan fingerprint density at radius 3 is 2.22 bits per heavy atom. The van der Waals surface area contributed by atoms with Crippen LogP contribution in [0.5, 0.6) is 0 Å². The van der Waals surface area contributed by atoms with Gasteiger partial charge in [0.15, 0.2) is 0 Å². The van der Waals surface area contributed by atoms with Crippen LogP contribution in [0.4, 0.5) is 15.4 Å². The molecule has 1 aromatic carbocycles. The van der Waals surface area contributed by atoms with Crippen LogP contribution < -0.4 is 10.6 Å². The smallest absolute Gasteiger partial charge is 0.413 e. The fourth-order valence-corrected chi connectivity index (χ4v) is 2.31. The summed E-state index contributed by atoms with van der Waals surface area (Å²) in [5.74, 6) is 0.404. The molecule has 0 bridgehead atoms. The normalized spacial score (nSPS) is 11.8. The maximum atomic E-state index is 12.1. The van der Waals surface area contributed by atoms with Crippen molar-refractivity contribution in [3.63, 3.8) is 0 Å². The largest absolute Gasteiger partial charge is 0.444 e. The second kappa shape index (κ2) is 7.82. The molecule has 0 fully saturated rings. The lowest BCUT2D eigenvalue weighted by Crippen LogP contribution is -2.32. The van der Waals surface area contributed by atoms with Gasteiger partial charge in [0, 0.05) is 18.1 Å². The minimum Gasteiger partial charge on any atom is -0.444 e. The number of anilines is 1. The van der Waals surface area contributed by atoms with Gasteiger partial charge in [-0.3, -0.25) is 5.32 Å². The molecular formula is C20H27N3O4. The first-order chi connectivity index (χ1) is 12.4. The summed E-state index contributed by atoms with van der Waals surface area (Å²) in [7, 11) is 0. The maximum Gasteiger partial charge on any atom is 0.413 e. The number of nitrogens with one attached hydrogen (secondary N) is 2. The van der Waals surface area contributed by atoms with Crippen molar-refractivity contribution >= 4 is 28.8 Å². The zero-order chi connectivity index (χ0) is 20.2. The summed E-state index contributed by atoms with van der Waals surface area (Å²) < 4.78 is 10.5. The summed E-state index contributed by atoms with van der Waals surface area (Å²) in [6.45, 7) is 11.1. The zero-order valence-electron chi connectivity index (χ0n) is 16.7. The average molecular weight is 373 g/mol. The van der Waals surface area contributed by atoms with E-state index in [4.69, 9.17) is 9.47 Å². The van der Waals surface area contributed by atoms with Gasteiger partial charge in [-0.15, -0.1) is 0 Å². The molecule has 27 heavy (non-hydrogen) atoms. The van der Waals surface area contributed by atoms with E-state index in [9.17, 15) is 9.59 Å². The standard InChI is InChI=1S/C20H27N3O4/c1-19(2,3)26-17(24)22-12-13-7-8-14-9-10-21-16(15(14)11-13)23-18(25)27-20(4,5)6/h7-11H,12H2,1-6H3,(H,22,24)(H,21,23,25). The molecule has 7 nitrogen and oxygen atoms in total. The van der Waals surface area contributed by atoms with Gasteiger partial charge in [-0.2, -0.15) is 0 Å². The van der Waals surface area contributed by atoms with Crippen LogP contribution in [0.15, 0.2) is 30.5 Å². The molecule has 0 spiro atoms. The molecule has 0 unspecified atom stereocenters. The number of rotatable bonds is 3. The summed E-state index contributed by atoms with van der Waals surface area (Å²) in [4.78, 5) is 28.1. The Kier molecular flexibility index (Phi) is 5.93. The number of ether oxygens (including phenoxy) is 2. The molecule has 0 aliphatic heterocycles. The first kappa shape index (κ1) is 20.5. The number of hydrogen-bond acceptors (Lipinski definition) is 5. The van der Waals surface area contributed by atoms with Crippen molar-refractivity contribution in [2.45, 2.75) is 59.3 Å². The highest BCUT2D eigenvalue weighted by Crippen LogP contribution is 2.23. The number of nitrogens with zero attached hydrogens (tertiary/aromatic N) is 1. The molecule has 2 N–H and O–H groups in total. The molecule has 0 atom stereocenters. The molecule has 0 saturated heterocycles.